The lowest BCUT2D eigenvalue weighted by molar-refractivity contribution is -0.136. The van der Waals surface area contributed by atoms with Gasteiger partial charge in [-0.3, -0.25) is 9.52 Å². The minimum atomic E-state index is -4.22. The van der Waals surface area contributed by atoms with Gasteiger partial charge in [-0.25, -0.2) is 26.8 Å². The Kier molecular flexibility index (Phi) is 7.26. The number of nitrogens with zero attached hydrogens (tertiary/aromatic N) is 1. The number of aliphatic hydroxyl groups excluding tert-OH is 1. The summed E-state index contributed by atoms with van der Waals surface area (Å²) in [5.74, 6) is -1.38. The molecule has 182 valence electrons. The minimum Gasteiger partial charge on any atom is -0.466 e. The van der Waals surface area contributed by atoms with Gasteiger partial charge in [-0.05, 0) is 36.4 Å². The van der Waals surface area contributed by atoms with Crippen LogP contribution in [-0.4, -0.2) is 65.5 Å². The molecular formula is C20H22N4O8S2. The highest BCUT2D eigenvalue weighted by Gasteiger charge is 2.35. The van der Waals surface area contributed by atoms with Gasteiger partial charge in [0.05, 0.1) is 36.4 Å². The molecule has 0 unspecified atom stereocenters. The first kappa shape index (κ1) is 25.2. The van der Waals surface area contributed by atoms with Gasteiger partial charge in [0.1, 0.15) is 10.6 Å². The SMILES string of the molecule is COC(=O)C1=C(Nc2ccccc2S(=O)(=O)Nc2ccc(S(N)(=O)=O)cc2)C(=O)N(CCO)C1. The average molecular weight is 511 g/mol. The van der Waals surface area contributed by atoms with Crippen LogP contribution < -0.4 is 15.2 Å². The summed E-state index contributed by atoms with van der Waals surface area (Å²) in [5, 5.41) is 17.0. The van der Waals surface area contributed by atoms with E-state index < -0.39 is 31.9 Å². The number of amides is 1. The molecule has 1 amide bonds. The number of rotatable bonds is 9. The van der Waals surface area contributed by atoms with E-state index >= 15 is 0 Å². The van der Waals surface area contributed by atoms with Crippen molar-refractivity contribution in [3.05, 3.63) is 59.8 Å². The molecule has 1 aliphatic rings. The number of primary sulfonamides is 1. The quantitative estimate of drug-likeness (QED) is 0.332. The molecule has 5 N–H and O–H groups in total. The van der Waals surface area contributed by atoms with E-state index in [1.807, 2.05) is 0 Å². The summed E-state index contributed by atoms with van der Waals surface area (Å²) in [6.45, 7) is -0.467. The highest BCUT2D eigenvalue weighted by Crippen LogP contribution is 2.28. The number of carbonyl (C=O) groups is 2. The average Bonchev–Trinajstić information content (AvgIpc) is 3.08. The molecule has 1 aliphatic heterocycles. The van der Waals surface area contributed by atoms with Crippen molar-refractivity contribution in [2.75, 3.05) is 36.8 Å². The van der Waals surface area contributed by atoms with Gasteiger partial charge in [-0.1, -0.05) is 12.1 Å². The monoisotopic (exact) mass is 510 g/mol. The van der Waals surface area contributed by atoms with Crippen molar-refractivity contribution >= 4 is 43.3 Å². The Labute approximate surface area is 196 Å². The molecule has 0 fully saturated rings. The van der Waals surface area contributed by atoms with Crippen LogP contribution in [0, 0.1) is 0 Å². The van der Waals surface area contributed by atoms with Crippen LogP contribution >= 0.6 is 0 Å². The van der Waals surface area contributed by atoms with Crippen molar-refractivity contribution in [3.63, 3.8) is 0 Å². The highest BCUT2D eigenvalue weighted by atomic mass is 32.2. The lowest BCUT2D eigenvalue weighted by atomic mass is 10.2. The Morgan fingerprint density at radius 1 is 1.12 bits per heavy atom. The number of nitrogens with one attached hydrogen (secondary N) is 2. The lowest BCUT2D eigenvalue weighted by Gasteiger charge is -2.16. The van der Waals surface area contributed by atoms with Gasteiger partial charge >= 0.3 is 5.97 Å². The number of nitrogens with two attached hydrogens (primary N) is 1. The first-order valence-corrected chi connectivity index (χ1v) is 12.7. The van der Waals surface area contributed by atoms with E-state index in [1.165, 1.54) is 41.3 Å². The summed E-state index contributed by atoms with van der Waals surface area (Å²) in [5.41, 5.74) is -0.102. The maximum atomic E-state index is 13.1. The van der Waals surface area contributed by atoms with Crippen LogP contribution in [0.4, 0.5) is 11.4 Å². The largest absolute Gasteiger partial charge is 0.466 e. The smallest absolute Gasteiger partial charge is 0.337 e. The third-order valence-electron chi connectivity index (χ3n) is 4.82. The lowest BCUT2D eigenvalue weighted by Crippen LogP contribution is -2.31. The fourth-order valence-electron chi connectivity index (χ4n) is 3.21. The number of para-hydroxylation sites is 1. The molecule has 0 saturated carbocycles. The van der Waals surface area contributed by atoms with E-state index in [0.29, 0.717) is 0 Å². The molecule has 1 heterocycles. The summed E-state index contributed by atoms with van der Waals surface area (Å²) in [6, 6.07) is 10.5. The Balaban J connectivity index is 1.94. The molecule has 0 atom stereocenters. The van der Waals surface area contributed by atoms with Crippen LogP contribution in [-0.2, 0) is 34.4 Å². The molecule has 0 saturated heterocycles. The standard InChI is InChI=1S/C20H22N4O8S2/c1-32-20(27)15-12-24(10-11-25)19(26)18(15)22-16-4-2-3-5-17(16)34(30,31)23-13-6-8-14(9-7-13)33(21,28)29/h2-9,22-23,25H,10-12H2,1H3,(H2,21,28,29). The van der Waals surface area contributed by atoms with Crippen LogP contribution in [0.15, 0.2) is 69.6 Å². The van der Waals surface area contributed by atoms with E-state index in [4.69, 9.17) is 9.88 Å². The Bertz CT molecular complexity index is 1350. The molecule has 0 aliphatic carbocycles. The number of ether oxygens (including phenoxy) is 1. The number of benzene rings is 2. The van der Waals surface area contributed by atoms with Crippen molar-refractivity contribution in [2.45, 2.75) is 9.79 Å². The Morgan fingerprint density at radius 2 is 1.76 bits per heavy atom. The molecule has 0 radical (unpaired) electrons. The van der Waals surface area contributed by atoms with Gasteiger partial charge in [0.15, 0.2) is 0 Å². The van der Waals surface area contributed by atoms with Crippen LogP contribution in [0.25, 0.3) is 0 Å². The zero-order valence-electron chi connectivity index (χ0n) is 17.9. The van der Waals surface area contributed by atoms with Crippen LogP contribution in [0.5, 0.6) is 0 Å². The molecule has 2 aromatic rings. The number of hydrogen-bond donors (Lipinski definition) is 4. The fraction of sp³-hybridized carbons (Fsp3) is 0.200. The molecule has 34 heavy (non-hydrogen) atoms. The summed E-state index contributed by atoms with van der Waals surface area (Å²) in [4.78, 5) is 25.7. The van der Waals surface area contributed by atoms with Crippen LogP contribution in [0.3, 0.4) is 0 Å². The third-order valence-corrected chi connectivity index (χ3v) is 7.19. The summed E-state index contributed by atoms with van der Waals surface area (Å²) in [7, 11) is -7.01. The van der Waals surface area contributed by atoms with Gasteiger partial charge in [0.2, 0.25) is 10.0 Å². The van der Waals surface area contributed by atoms with Crippen molar-refractivity contribution in [2.24, 2.45) is 5.14 Å². The number of anilines is 2. The minimum absolute atomic E-state index is 0.00626. The topological polar surface area (TPSA) is 185 Å². The normalized spacial score (nSPS) is 14.3. The molecule has 3 rings (SSSR count). The molecule has 12 nitrogen and oxygen atoms in total. The van der Waals surface area contributed by atoms with Gasteiger partial charge < -0.3 is 20.1 Å². The maximum Gasteiger partial charge on any atom is 0.337 e. The number of β-amino-alcohol motifs (C(OH)–C–C–N with tert-alkyl or cyclic N) is 1. The summed E-state index contributed by atoms with van der Waals surface area (Å²) in [6.07, 6.45) is 0. The number of esters is 1. The number of aliphatic hydroxyl groups is 1. The van der Waals surface area contributed by atoms with Crippen LogP contribution in [0.1, 0.15) is 0 Å². The fourth-order valence-corrected chi connectivity index (χ4v) is 4.95. The molecule has 2 aromatic carbocycles. The molecule has 0 spiro atoms. The maximum absolute atomic E-state index is 13.1. The van der Waals surface area contributed by atoms with E-state index in [0.717, 1.165) is 19.2 Å². The summed E-state index contributed by atoms with van der Waals surface area (Å²) < 4.78 is 56.0. The van der Waals surface area contributed by atoms with Gasteiger partial charge in [-0.15, -0.1) is 0 Å². The van der Waals surface area contributed by atoms with Crippen molar-refractivity contribution in [1.82, 2.24) is 4.90 Å². The van der Waals surface area contributed by atoms with Crippen molar-refractivity contribution in [3.8, 4) is 0 Å². The predicted molar refractivity (Wildman–Crippen MR) is 121 cm³/mol. The highest BCUT2D eigenvalue weighted by molar-refractivity contribution is 7.93. The van der Waals surface area contributed by atoms with Gasteiger partial charge in [0.25, 0.3) is 15.9 Å². The van der Waals surface area contributed by atoms with Crippen molar-refractivity contribution in [1.29, 1.82) is 0 Å². The molecular weight excluding hydrogens is 488 g/mol. The summed E-state index contributed by atoms with van der Waals surface area (Å²) >= 11 is 0. The first-order valence-electron chi connectivity index (χ1n) is 9.71. The number of methoxy groups -OCH3 is 1. The van der Waals surface area contributed by atoms with Crippen molar-refractivity contribution < 1.29 is 36.3 Å². The zero-order valence-corrected chi connectivity index (χ0v) is 19.5. The second-order valence-corrected chi connectivity index (χ2v) is 10.3. The number of carbonyl (C=O) groups excluding carboxylic acids is 2. The first-order chi connectivity index (χ1) is 16.0. The molecule has 0 bridgehead atoms. The Morgan fingerprint density at radius 3 is 2.35 bits per heavy atom. The predicted octanol–water partition coefficient (Wildman–Crippen LogP) is -0.192. The zero-order chi connectivity index (χ0) is 25.1. The second kappa shape index (κ2) is 9.80. The third kappa shape index (κ3) is 5.36. The Hall–Kier alpha value is -3.46. The van der Waals surface area contributed by atoms with Gasteiger partial charge in [0, 0.05) is 12.2 Å². The van der Waals surface area contributed by atoms with Crippen LogP contribution in [0.2, 0.25) is 0 Å². The van der Waals surface area contributed by atoms with E-state index in [2.05, 4.69) is 10.0 Å². The molecule has 14 heteroatoms. The van der Waals surface area contributed by atoms with E-state index in [1.54, 1.807) is 0 Å². The molecule has 0 aromatic heterocycles. The number of sulfonamides is 2. The number of hydrogen-bond acceptors (Lipinski definition) is 9. The van der Waals surface area contributed by atoms with Gasteiger partial charge in [-0.2, -0.15) is 0 Å². The van der Waals surface area contributed by atoms with E-state index in [9.17, 15) is 31.5 Å². The van der Waals surface area contributed by atoms with E-state index in [-0.39, 0.29) is 52.1 Å². The second-order valence-electron chi connectivity index (χ2n) is 7.09.